The lowest BCUT2D eigenvalue weighted by Crippen LogP contribution is -2.12. The lowest BCUT2D eigenvalue weighted by Gasteiger charge is -2.14. The molecular weight excluding hydrogens is 232 g/mol. The number of carboxylic acid groups (broad SMARTS) is 1. The summed E-state index contributed by atoms with van der Waals surface area (Å²) in [6.07, 6.45) is -2.75. The van der Waals surface area contributed by atoms with E-state index in [-0.39, 0.29) is 29.7 Å². The maximum Gasteiger partial charge on any atom is 0.303 e. The number of benzene rings is 1. The van der Waals surface area contributed by atoms with E-state index in [4.69, 9.17) is 10.8 Å². The van der Waals surface area contributed by atoms with Gasteiger partial charge in [0.25, 0.3) is 6.43 Å². The molecule has 0 saturated carbocycles. The maximum absolute atomic E-state index is 12.4. The number of halogens is 2. The van der Waals surface area contributed by atoms with E-state index in [1.165, 1.54) is 0 Å². The summed E-state index contributed by atoms with van der Waals surface area (Å²) in [5, 5.41) is 18.0. The number of phenols is 1. The Kier molecular flexibility index (Phi) is 4.39. The molecule has 0 heterocycles. The molecule has 1 atom stereocenters. The van der Waals surface area contributed by atoms with Gasteiger partial charge in [0, 0.05) is 23.6 Å². The molecule has 0 aromatic heterocycles. The third-order valence-electron chi connectivity index (χ3n) is 2.37. The average molecular weight is 245 g/mol. The first-order valence-electron chi connectivity index (χ1n) is 5.00. The van der Waals surface area contributed by atoms with Crippen LogP contribution in [0.4, 0.5) is 8.78 Å². The number of rotatable bonds is 5. The van der Waals surface area contributed by atoms with Gasteiger partial charge in [-0.2, -0.15) is 0 Å². The van der Waals surface area contributed by atoms with E-state index in [0.717, 1.165) is 18.2 Å². The van der Waals surface area contributed by atoms with Gasteiger partial charge in [0.2, 0.25) is 0 Å². The molecule has 0 fully saturated rings. The number of carboxylic acids is 1. The lowest BCUT2D eigenvalue weighted by molar-refractivity contribution is -0.137. The molecule has 94 valence electrons. The molecule has 0 amide bonds. The first kappa shape index (κ1) is 13.4. The van der Waals surface area contributed by atoms with Crippen molar-refractivity contribution in [2.24, 2.45) is 5.73 Å². The summed E-state index contributed by atoms with van der Waals surface area (Å²) in [6.45, 7) is 0. The van der Waals surface area contributed by atoms with E-state index in [1.807, 2.05) is 0 Å². The molecule has 4 N–H and O–H groups in total. The second-order valence-electron chi connectivity index (χ2n) is 3.66. The van der Waals surface area contributed by atoms with E-state index >= 15 is 0 Å². The number of phenolic OH excluding ortho intramolecular Hbond substituents is 1. The van der Waals surface area contributed by atoms with Crippen molar-refractivity contribution in [2.75, 3.05) is 0 Å². The van der Waals surface area contributed by atoms with Crippen molar-refractivity contribution in [2.45, 2.75) is 25.3 Å². The number of alkyl halides is 2. The zero-order valence-corrected chi connectivity index (χ0v) is 8.94. The van der Waals surface area contributed by atoms with E-state index < -0.39 is 18.4 Å². The highest BCUT2D eigenvalue weighted by atomic mass is 19.3. The van der Waals surface area contributed by atoms with Gasteiger partial charge < -0.3 is 15.9 Å². The predicted molar refractivity (Wildman–Crippen MR) is 56.9 cm³/mol. The molecule has 0 aliphatic heterocycles. The standard InChI is InChI=1S/C11H13F2NO3/c12-11(13)6-1-3-9(15)7(5-6)8(14)2-4-10(16)17/h1,3,5,8,11,15H,2,4,14H2,(H,16,17). The van der Waals surface area contributed by atoms with Crippen LogP contribution in [0.15, 0.2) is 18.2 Å². The van der Waals surface area contributed by atoms with Crippen LogP contribution in [0, 0.1) is 0 Å². The number of hydrogen-bond donors (Lipinski definition) is 3. The Morgan fingerprint density at radius 3 is 2.59 bits per heavy atom. The van der Waals surface area contributed by atoms with Gasteiger partial charge in [0.1, 0.15) is 5.75 Å². The molecule has 17 heavy (non-hydrogen) atoms. The van der Waals surface area contributed by atoms with Crippen LogP contribution in [0.1, 0.15) is 36.4 Å². The molecule has 1 aromatic carbocycles. The van der Waals surface area contributed by atoms with E-state index in [1.54, 1.807) is 0 Å². The number of aliphatic carboxylic acids is 1. The van der Waals surface area contributed by atoms with Gasteiger partial charge in [-0.05, 0) is 24.6 Å². The van der Waals surface area contributed by atoms with Crippen LogP contribution >= 0.6 is 0 Å². The summed E-state index contributed by atoms with van der Waals surface area (Å²) in [5.74, 6) is -1.22. The summed E-state index contributed by atoms with van der Waals surface area (Å²) in [5.41, 5.74) is 5.54. The minimum atomic E-state index is -2.65. The van der Waals surface area contributed by atoms with Crippen molar-refractivity contribution >= 4 is 5.97 Å². The fourth-order valence-electron chi connectivity index (χ4n) is 1.44. The van der Waals surface area contributed by atoms with Crippen molar-refractivity contribution < 1.29 is 23.8 Å². The van der Waals surface area contributed by atoms with E-state index in [2.05, 4.69) is 0 Å². The lowest BCUT2D eigenvalue weighted by atomic mass is 9.99. The van der Waals surface area contributed by atoms with Gasteiger partial charge in [0.15, 0.2) is 0 Å². The Bertz CT molecular complexity index is 410. The van der Waals surface area contributed by atoms with Crippen LogP contribution in [0.2, 0.25) is 0 Å². The number of nitrogens with two attached hydrogens (primary N) is 1. The molecule has 0 radical (unpaired) electrons. The van der Waals surface area contributed by atoms with Crippen molar-refractivity contribution in [3.05, 3.63) is 29.3 Å². The van der Waals surface area contributed by atoms with E-state index in [9.17, 15) is 18.7 Å². The molecule has 1 unspecified atom stereocenters. The smallest absolute Gasteiger partial charge is 0.303 e. The van der Waals surface area contributed by atoms with Gasteiger partial charge in [0.05, 0.1) is 0 Å². The molecular formula is C11H13F2NO3. The maximum atomic E-state index is 12.4. The summed E-state index contributed by atoms with van der Waals surface area (Å²) in [4.78, 5) is 10.4. The molecule has 6 heteroatoms. The fourth-order valence-corrected chi connectivity index (χ4v) is 1.44. The van der Waals surface area contributed by atoms with Gasteiger partial charge in [-0.25, -0.2) is 8.78 Å². The monoisotopic (exact) mass is 245 g/mol. The molecule has 4 nitrogen and oxygen atoms in total. The summed E-state index contributed by atoms with van der Waals surface area (Å²) < 4.78 is 24.9. The highest BCUT2D eigenvalue weighted by Gasteiger charge is 2.16. The van der Waals surface area contributed by atoms with Crippen LogP contribution in [-0.2, 0) is 4.79 Å². The zero-order valence-electron chi connectivity index (χ0n) is 8.94. The third kappa shape index (κ3) is 3.67. The Balaban J connectivity index is 2.87. The minimum absolute atomic E-state index is 0.0790. The van der Waals surface area contributed by atoms with Crippen molar-refractivity contribution in [3.63, 3.8) is 0 Å². The first-order valence-corrected chi connectivity index (χ1v) is 5.00. The number of aromatic hydroxyl groups is 1. The van der Waals surface area contributed by atoms with Crippen molar-refractivity contribution in [1.82, 2.24) is 0 Å². The van der Waals surface area contributed by atoms with Crippen molar-refractivity contribution in [1.29, 1.82) is 0 Å². The molecule has 0 saturated heterocycles. The molecule has 1 rings (SSSR count). The Morgan fingerprint density at radius 1 is 1.41 bits per heavy atom. The second kappa shape index (κ2) is 5.58. The Morgan fingerprint density at radius 2 is 2.06 bits per heavy atom. The molecule has 0 aliphatic rings. The van der Waals surface area contributed by atoms with Gasteiger partial charge in [-0.15, -0.1) is 0 Å². The number of hydrogen-bond acceptors (Lipinski definition) is 3. The highest BCUT2D eigenvalue weighted by molar-refractivity contribution is 5.66. The molecule has 1 aromatic rings. The molecule has 0 bridgehead atoms. The van der Waals surface area contributed by atoms with Gasteiger partial charge in [-0.1, -0.05) is 0 Å². The Hall–Kier alpha value is -1.69. The number of carbonyl (C=O) groups is 1. The summed E-state index contributed by atoms with van der Waals surface area (Å²) >= 11 is 0. The van der Waals surface area contributed by atoms with Gasteiger partial charge >= 0.3 is 5.97 Å². The van der Waals surface area contributed by atoms with Crippen LogP contribution in [0.25, 0.3) is 0 Å². The normalized spacial score (nSPS) is 12.7. The average Bonchev–Trinajstić information content (AvgIpc) is 2.26. The first-order chi connectivity index (χ1) is 7.91. The van der Waals surface area contributed by atoms with Crippen LogP contribution in [-0.4, -0.2) is 16.2 Å². The topological polar surface area (TPSA) is 83.6 Å². The van der Waals surface area contributed by atoms with Crippen LogP contribution < -0.4 is 5.73 Å². The third-order valence-corrected chi connectivity index (χ3v) is 2.37. The zero-order chi connectivity index (χ0) is 13.0. The summed E-state index contributed by atoms with van der Waals surface area (Å²) in [6, 6.07) is 2.57. The van der Waals surface area contributed by atoms with E-state index in [0.29, 0.717) is 0 Å². The second-order valence-corrected chi connectivity index (χ2v) is 3.66. The van der Waals surface area contributed by atoms with Crippen LogP contribution in [0.5, 0.6) is 5.75 Å². The predicted octanol–water partition coefficient (Wildman–Crippen LogP) is 2.19. The van der Waals surface area contributed by atoms with Crippen LogP contribution in [0.3, 0.4) is 0 Å². The molecule has 0 aliphatic carbocycles. The SMILES string of the molecule is NC(CCC(=O)O)c1cc(C(F)F)ccc1O. The fraction of sp³-hybridized carbons (Fsp3) is 0.364. The summed E-state index contributed by atoms with van der Waals surface area (Å²) in [7, 11) is 0. The van der Waals surface area contributed by atoms with Gasteiger partial charge in [-0.3, -0.25) is 4.79 Å². The largest absolute Gasteiger partial charge is 0.508 e. The minimum Gasteiger partial charge on any atom is -0.508 e. The highest BCUT2D eigenvalue weighted by Crippen LogP contribution is 2.30. The quantitative estimate of drug-likeness (QED) is 0.742. The molecule has 0 spiro atoms. The van der Waals surface area contributed by atoms with Crippen molar-refractivity contribution in [3.8, 4) is 5.75 Å². The Labute approximate surface area is 96.7 Å².